The summed E-state index contributed by atoms with van der Waals surface area (Å²) in [4.78, 5) is 105. The number of aliphatic hydroxyl groups is 2. The first-order valence-corrected chi connectivity index (χ1v) is 21.3. The van der Waals surface area contributed by atoms with Crippen molar-refractivity contribution in [1.29, 1.82) is 5.41 Å². The Morgan fingerprint density at radius 1 is 0.705 bits per heavy atom. The minimum absolute atomic E-state index is 0.0131. The summed E-state index contributed by atoms with van der Waals surface area (Å²) in [6.45, 7) is 8.81. The smallest absolute Gasteiger partial charge is 0.328 e. The summed E-state index contributed by atoms with van der Waals surface area (Å²) in [6.07, 6.45) is 6.77. The second-order valence-electron chi connectivity index (χ2n) is 16.4. The van der Waals surface area contributed by atoms with Crippen LogP contribution in [0.25, 0.3) is 0 Å². The first kappa shape index (κ1) is 54.0. The van der Waals surface area contributed by atoms with Gasteiger partial charge in [0.1, 0.15) is 42.9 Å². The second kappa shape index (κ2) is 28.5. The molecule has 1 saturated heterocycles. The quantitative estimate of drug-likeness (QED) is 0.0273. The van der Waals surface area contributed by atoms with Gasteiger partial charge in [-0.3, -0.25) is 39.0 Å². The lowest BCUT2D eigenvalue weighted by Gasteiger charge is -2.30. The van der Waals surface area contributed by atoms with E-state index in [1.165, 1.54) is 13.8 Å². The van der Waals surface area contributed by atoms with Gasteiger partial charge in [0.25, 0.3) is 0 Å². The van der Waals surface area contributed by atoms with E-state index in [-0.39, 0.29) is 12.4 Å². The molecule has 61 heavy (non-hydrogen) atoms. The second-order valence-corrected chi connectivity index (χ2v) is 16.4. The first-order chi connectivity index (χ1) is 28.6. The summed E-state index contributed by atoms with van der Waals surface area (Å²) < 4.78 is 5.31. The monoisotopic (exact) mass is 869 g/mol. The van der Waals surface area contributed by atoms with Gasteiger partial charge in [-0.25, -0.2) is 4.79 Å². The highest BCUT2D eigenvalue weighted by molar-refractivity contribution is 5.98. The highest BCUT2D eigenvalue weighted by Crippen LogP contribution is 2.14. The van der Waals surface area contributed by atoms with Crippen LogP contribution in [0.15, 0.2) is 0 Å². The maximum atomic E-state index is 13.7. The molecule has 0 aromatic carbocycles. The number of guanidine groups is 1. The summed E-state index contributed by atoms with van der Waals surface area (Å²) in [5.74, 6) is -8.72. The van der Waals surface area contributed by atoms with E-state index in [2.05, 4.69) is 37.2 Å². The Balaban J connectivity index is 3.10. The molecule has 0 bridgehead atoms. The number of cyclic esters (lactones) is 1. The average Bonchev–Trinajstić information content (AvgIpc) is 3.16. The fraction of sp³-hybridized carbons (Fsp3) is 0.775. The van der Waals surface area contributed by atoms with Crippen LogP contribution in [0.2, 0.25) is 0 Å². The average molecular weight is 869 g/mol. The number of hydrogen-bond donors (Lipinski definition) is 12. The van der Waals surface area contributed by atoms with E-state index in [1.54, 1.807) is 27.7 Å². The summed E-state index contributed by atoms with van der Waals surface area (Å²) in [5.41, 5.74) is 10.6. The van der Waals surface area contributed by atoms with Crippen molar-refractivity contribution in [1.82, 2.24) is 37.2 Å². The van der Waals surface area contributed by atoms with Gasteiger partial charge < -0.3 is 63.6 Å². The van der Waals surface area contributed by atoms with Crippen LogP contribution >= 0.6 is 0 Å². The molecule has 0 aromatic heterocycles. The summed E-state index contributed by atoms with van der Waals surface area (Å²) >= 11 is 0. The molecule has 0 aliphatic carbocycles. The van der Waals surface area contributed by atoms with Crippen LogP contribution in [-0.2, 0) is 43.1 Å². The van der Waals surface area contributed by atoms with Gasteiger partial charge in [-0.1, -0.05) is 85.5 Å². The van der Waals surface area contributed by atoms with Crippen molar-refractivity contribution in [3.63, 3.8) is 0 Å². The number of carbonyl (C=O) groups is 8. The molecule has 21 heteroatoms. The highest BCUT2D eigenvalue weighted by Gasteiger charge is 2.37. The largest absolute Gasteiger partial charge is 0.461 e. The Kier molecular flexibility index (Phi) is 25.2. The highest BCUT2D eigenvalue weighted by atomic mass is 16.5. The molecular formula is C40H72N10O11. The number of nitrogens with two attached hydrogens (primary N) is 2. The van der Waals surface area contributed by atoms with E-state index in [9.17, 15) is 48.6 Å². The molecule has 1 aliphatic heterocycles. The Labute approximate surface area is 358 Å². The normalized spacial score (nSPS) is 23.4. The van der Waals surface area contributed by atoms with Crippen molar-refractivity contribution in [3.05, 3.63) is 0 Å². The molecular weight excluding hydrogens is 796 g/mol. The predicted octanol–water partition coefficient (Wildman–Crippen LogP) is -1.43. The molecule has 8 unspecified atom stereocenters. The number of carbonyl (C=O) groups excluding carboxylic acids is 8. The fourth-order valence-electron chi connectivity index (χ4n) is 6.44. The van der Waals surface area contributed by atoms with Crippen molar-refractivity contribution >= 4 is 53.3 Å². The Morgan fingerprint density at radius 2 is 1.18 bits per heavy atom. The van der Waals surface area contributed by atoms with Crippen molar-refractivity contribution in [2.24, 2.45) is 23.3 Å². The molecule has 0 spiro atoms. The van der Waals surface area contributed by atoms with E-state index in [0.717, 1.165) is 57.8 Å². The molecule has 0 radical (unpaired) electrons. The number of esters is 1. The number of primary amides is 1. The third kappa shape index (κ3) is 21.9. The van der Waals surface area contributed by atoms with E-state index in [0.29, 0.717) is 19.4 Å². The van der Waals surface area contributed by atoms with E-state index >= 15 is 0 Å². The molecule has 14 N–H and O–H groups in total. The van der Waals surface area contributed by atoms with Gasteiger partial charge in [0.05, 0.1) is 25.0 Å². The maximum Gasteiger partial charge on any atom is 0.328 e. The maximum absolute atomic E-state index is 13.7. The Morgan fingerprint density at radius 3 is 1.67 bits per heavy atom. The topological polar surface area (TPSA) is 346 Å². The van der Waals surface area contributed by atoms with Crippen molar-refractivity contribution in [2.75, 3.05) is 13.2 Å². The number of aliphatic hydroxyl groups excluding tert-OH is 2. The molecule has 7 amide bonds. The number of rotatable bonds is 21. The molecule has 1 heterocycles. The van der Waals surface area contributed by atoms with Crippen molar-refractivity contribution in [3.8, 4) is 0 Å². The third-order valence-corrected chi connectivity index (χ3v) is 10.1. The number of unbranched alkanes of at least 4 members (excludes halogenated alkanes) is 9. The third-order valence-electron chi connectivity index (χ3n) is 10.1. The van der Waals surface area contributed by atoms with E-state index < -0.39 is 121 Å². The van der Waals surface area contributed by atoms with E-state index in [4.69, 9.17) is 21.6 Å². The van der Waals surface area contributed by atoms with Crippen LogP contribution in [-0.4, -0.2) is 125 Å². The van der Waals surface area contributed by atoms with Gasteiger partial charge in [0.15, 0.2) is 5.96 Å². The Bertz CT molecular complexity index is 1480. The zero-order valence-corrected chi connectivity index (χ0v) is 36.6. The van der Waals surface area contributed by atoms with Gasteiger partial charge in [-0.05, 0) is 38.5 Å². The van der Waals surface area contributed by atoms with Crippen LogP contribution in [0.1, 0.15) is 125 Å². The van der Waals surface area contributed by atoms with Crippen LogP contribution < -0.4 is 48.7 Å². The van der Waals surface area contributed by atoms with E-state index in [1.807, 2.05) is 0 Å². The van der Waals surface area contributed by atoms with Crippen LogP contribution in [0.3, 0.4) is 0 Å². The fourth-order valence-corrected chi connectivity index (χ4v) is 6.44. The molecule has 0 saturated carbocycles. The SMILES string of the molecule is CC1NC(=O)C(CC(N)=O)NC(=O)C(C(C)O)NC(=O)C(C(C)C)NC(=O)C(C(C)C)NC(=O)C(NC(=O)CC(O)CCCCCCCCCCCCNC(=N)N)COC1=O. The van der Waals surface area contributed by atoms with Crippen LogP contribution in [0.5, 0.6) is 0 Å². The molecule has 21 nitrogen and oxygen atoms in total. The first-order valence-electron chi connectivity index (χ1n) is 21.3. The molecule has 348 valence electrons. The number of ether oxygens (including phenoxy) is 1. The molecule has 1 rings (SSSR count). The molecule has 1 aliphatic rings. The minimum atomic E-state index is -1.67. The number of nitrogens with one attached hydrogen (secondary N) is 8. The lowest BCUT2D eigenvalue weighted by atomic mass is 9.98. The zero-order chi connectivity index (χ0) is 46.2. The van der Waals surface area contributed by atoms with Gasteiger partial charge in [0, 0.05) is 6.54 Å². The van der Waals surface area contributed by atoms with Crippen LogP contribution in [0.4, 0.5) is 0 Å². The van der Waals surface area contributed by atoms with Crippen molar-refractivity contribution in [2.45, 2.75) is 173 Å². The number of hydrogen-bond acceptors (Lipinski definition) is 12. The lowest BCUT2D eigenvalue weighted by molar-refractivity contribution is -0.150. The molecule has 1 fully saturated rings. The van der Waals surface area contributed by atoms with Crippen LogP contribution in [0, 0.1) is 17.2 Å². The standard InChI is InChI=1S/C40H72N10O11/c1-22(2)31-36(57)49-32(23(3)4)37(58)50-33(25(6)51)38(59)47-27(20-29(41)53)34(55)45-24(5)39(60)61-21-28(35(56)48-31)46-30(54)19-26(52)17-15-13-11-9-7-8-10-12-14-16-18-44-40(42)43/h22-28,31-33,51-52H,7-21H2,1-6H3,(H2,41,53)(H,45,55)(H,46,54)(H,47,59)(H,48,56)(H,49,57)(H,50,58)(H4,42,43,44). The predicted molar refractivity (Wildman–Crippen MR) is 225 cm³/mol. The summed E-state index contributed by atoms with van der Waals surface area (Å²) in [7, 11) is 0. The number of amides is 7. The molecule has 8 atom stereocenters. The lowest BCUT2D eigenvalue weighted by Crippen LogP contribution is -2.62. The van der Waals surface area contributed by atoms with Gasteiger partial charge in [-0.2, -0.15) is 0 Å². The van der Waals surface area contributed by atoms with Gasteiger partial charge in [0.2, 0.25) is 41.4 Å². The summed E-state index contributed by atoms with van der Waals surface area (Å²) in [5, 5.41) is 45.5. The molecule has 0 aromatic rings. The van der Waals surface area contributed by atoms with Crippen molar-refractivity contribution < 1.29 is 53.3 Å². The minimum Gasteiger partial charge on any atom is -0.461 e. The summed E-state index contributed by atoms with van der Waals surface area (Å²) in [6, 6.07) is -8.91. The Hall–Kier alpha value is -5.05. The zero-order valence-electron chi connectivity index (χ0n) is 36.6. The van der Waals surface area contributed by atoms with Gasteiger partial charge in [-0.15, -0.1) is 0 Å². The van der Waals surface area contributed by atoms with Gasteiger partial charge >= 0.3 is 5.97 Å².